The first kappa shape index (κ1) is 8.70. The van der Waals surface area contributed by atoms with Crippen LogP contribution in [-0.2, 0) is 10.8 Å². The molecule has 1 N–H and O–H groups in total. The Kier molecular flexibility index (Phi) is 2.81. The van der Waals surface area contributed by atoms with Gasteiger partial charge in [-0.3, -0.25) is 4.21 Å². The van der Waals surface area contributed by atoms with Gasteiger partial charge in [0, 0.05) is 28.3 Å². The summed E-state index contributed by atoms with van der Waals surface area (Å²) in [7, 11) is -0.500. The summed E-state index contributed by atoms with van der Waals surface area (Å²) in [6.07, 6.45) is 5.09. The van der Waals surface area contributed by atoms with E-state index in [2.05, 4.69) is 5.32 Å². The Labute approximate surface area is 76.6 Å². The van der Waals surface area contributed by atoms with Gasteiger partial charge in [-0.25, -0.2) is 0 Å². The van der Waals surface area contributed by atoms with Crippen molar-refractivity contribution >= 4 is 10.8 Å². The van der Waals surface area contributed by atoms with E-state index in [1.807, 2.05) is 0 Å². The van der Waals surface area contributed by atoms with Gasteiger partial charge in [0.05, 0.1) is 0 Å². The monoisotopic (exact) mass is 187 g/mol. The van der Waals surface area contributed by atoms with Crippen LogP contribution in [0.3, 0.4) is 0 Å². The molecule has 0 aromatic rings. The van der Waals surface area contributed by atoms with Gasteiger partial charge in [0.1, 0.15) is 0 Å². The first-order valence-corrected chi connectivity index (χ1v) is 6.42. The Morgan fingerprint density at radius 1 is 1.17 bits per heavy atom. The molecule has 2 fully saturated rings. The molecule has 70 valence electrons. The van der Waals surface area contributed by atoms with E-state index in [0.29, 0.717) is 6.04 Å². The smallest absolute Gasteiger partial charge is 0.0249 e. The Morgan fingerprint density at radius 2 is 1.83 bits per heavy atom. The Balaban J connectivity index is 1.63. The highest BCUT2D eigenvalue weighted by molar-refractivity contribution is 7.85. The Morgan fingerprint density at radius 3 is 2.42 bits per heavy atom. The lowest BCUT2D eigenvalue weighted by Gasteiger charge is -2.22. The van der Waals surface area contributed by atoms with E-state index < -0.39 is 10.8 Å². The fraction of sp³-hybridized carbons (Fsp3) is 1.00. The summed E-state index contributed by atoms with van der Waals surface area (Å²) in [6, 6.07) is 0.670. The fourth-order valence-corrected chi connectivity index (χ4v) is 2.95. The zero-order valence-electron chi connectivity index (χ0n) is 7.42. The number of hydrogen-bond donors (Lipinski definition) is 1. The number of nitrogens with one attached hydrogen (secondary N) is 1. The van der Waals surface area contributed by atoms with Gasteiger partial charge in [0.25, 0.3) is 0 Å². The Bertz CT molecular complexity index is 169. The lowest BCUT2D eigenvalue weighted by Crippen LogP contribution is -2.36. The molecule has 1 aliphatic carbocycles. The molecule has 1 saturated heterocycles. The molecule has 0 spiro atoms. The van der Waals surface area contributed by atoms with E-state index in [-0.39, 0.29) is 0 Å². The van der Waals surface area contributed by atoms with Crippen molar-refractivity contribution in [1.82, 2.24) is 5.32 Å². The minimum absolute atomic E-state index is 0.500. The lowest BCUT2D eigenvalue weighted by atomic mass is 10.1. The van der Waals surface area contributed by atoms with Crippen LogP contribution in [0, 0.1) is 5.92 Å². The third-order valence-electron chi connectivity index (χ3n) is 2.78. The second-order valence-electron chi connectivity index (χ2n) is 3.97. The molecule has 0 unspecified atom stereocenters. The highest BCUT2D eigenvalue weighted by Crippen LogP contribution is 2.28. The molecule has 0 amide bonds. The van der Waals surface area contributed by atoms with Crippen molar-refractivity contribution in [3.8, 4) is 0 Å². The van der Waals surface area contributed by atoms with Crippen LogP contribution in [0.5, 0.6) is 0 Å². The summed E-state index contributed by atoms with van der Waals surface area (Å²) in [5, 5.41) is 3.57. The maximum atomic E-state index is 11.0. The number of hydrogen-bond acceptors (Lipinski definition) is 2. The van der Waals surface area contributed by atoms with Crippen LogP contribution in [0.15, 0.2) is 0 Å². The van der Waals surface area contributed by atoms with Gasteiger partial charge in [-0.1, -0.05) is 0 Å². The van der Waals surface area contributed by atoms with Gasteiger partial charge in [0.2, 0.25) is 0 Å². The second kappa shape index (κ2) is 3.88. The molecule has 3 heteroatoms. The van der Waals surface area contributed by atoms with E-state index in [1.54, 1.807) is 0 Å². The molecule has 1 heterocycles. The van der Waals surface area contributed by atoms with Crippen LogP contribution in [-0.4, -0.2) is 28.3 Å². The summed E-state index contributed by atoms with van der Waals surface area (Å²) in [5.74, 6) is 2.81. The van der Waals surface area contributed by atoms with E-state index >= 15 is 0 Å². The van der Waals surface area contributed by atoms with Crippen LogP contribution in [0.1, 0.15) is 25.7 Å². The molecule has 2 rings (SSSR count). The van der Waals surface area contributed by atoms with Crippen molar-refractivity contribution in [1.29, 1.82) is 0 Å². The molecule has 0 aromatic carbocycles. The topological polar surface area (TPSA) is 29.1 Å². The predicted molar refractivity (Wildman–Crippen MR) is 51.6 cm³/mol. The summed E-state index contributed by atoms with van der Waals surface area (Å²) in [4.78, 5) is 0. The van der Waals surface area contributed by atoms with E-state index in [9.17, 15) is 4.21 Å². The van der Waals surface area contributed by atoms with Gasteiger partial charge in [-0.15, -0.1) is 0 Å². The molecule has 12 heavy (non-hydrogen) atoms. The van der Waals surface area contributed by atoms with Gasteiger partial charge in [0.15, 0.2) is 0 Å². The third kappa shape index (κ3) is 2.56. The summed E-state index contributed by atoms with van der Waals surface area (Å²) in [5.41, 5.74) is 0. The van der Waals surface area contributed by atoms with Crippen molar-refractivity contribution in [2.75, 3.05) is 18.1 Å². The zero-order chi connectivity index (χ0) is 8.39. The number of rotatable bonds is 3. The average Bonchev–Trinajstić information content (AvgIpc) is 2.87. The molecule has 2 aliphatic rings. The maximum Gasteiger partial charge on any atom is 0.0249 e. The molecule has 0 atom stereocenters. The quantitative estimate of drug-likeness (QED) is 0.711. The SMILES string of the molecule is O=S1CCC(NCC2CC2)CC1. The van der Waals surface area contributed by atoms with E-state index in [0.717, 1.165) is 30.3 Å². The minimum atomic E-state index is -0.500. The molecular formula is C9H17NOS. The van der Waals surface area contributed by atoms with Crippen LogP contribution >= 0.6 is 0 Å². The van der Waals surface area contributed by atoms with Crippen molar-refractivity contribution in [3.05, 3.63) is 0 Å². The predicted octanol–water partition coefficient (Wildman–Crippen LogP) is 0.897. The van der Waals surface area contributed by atoms with Crippen LogP contribution in [0.4, 0.5) is 0 Å². The Hall–Kier alpha value is 0.110. The van der Waals surface area contributed by atoms with Crippen molar-refractivity contribution in [2.24, 2.45) is 5.92 Å². The van der Waals surface area contributed by atoms with Crippen molar-refractivity contribution in [2.45, 2.75) is 31.7 Å². The van der Waals surface area contributed by atoms with E-state index in [4.69, 9.17) is 0 Å². The van der Waals surface area contributed by atoms with Crippen LogP contribution < -0.4 is 5.32 Å². The molecular weight excluding hydrogens is 170 g/mol. The maximum absolute atomic E-state index is 11.0. The summed E-state index contributed by atoms with van der Waals surface area (Å²) >= 11 is 0. The van der Waals surface area contributed by atoms with Gasteiger partial charge in [-0.05, 0) is 38.1 Å². The standard InChI is InChI=1S/C9H17NOS/c11-12-5-3-9(4-6-12)10-7-8-1-2-8/h8-10H,1-7H2. The minimum Gasteiger partial charge on any atom is -0.314 e. The lowest BCUT2D eigenvalue weighted by molar-refractivity contribution is 0.465. The van der Waals surface area contributed by atoms with Gasteiger partial charge in [-0.2, -0.15) is 0 Å². The normalized spacial score (nSPS) is 36.7. The molecule has 0 aromatic heterocycles. The van der Waals surface area contributed by atoms with Crippen molar-refractivity contribution < 1.29 is 4.21 Å². The molecule has 0 radical (unpaired) electrons. The van der Waals surface area contributed by atoms with Gasteiger partial charge >= 0.3 is 0 Å². The highest BCUT2D eigenvalue weighted by atomic mass is 32.2. The highest BCUT2D eigenvalue weighted by Gasteiger charge is 2.23. The van der Waals surface area contributed by atoms with Gasteiger partial charge < -0.3 is 5.32 Å². The molecule has 2 nitrogen and oxygen atoms in total. The van der Waals surface area contributed by atoms with E-state index in [1.165, 1.54) is 19.4 Å². The molecule has 1 aliphatic heterocycles. The molecule has 0 bridgehead atoms. The van der Waals surface area contributed by atoms with Crippen LogP contribution in [0.25, 0.3) is 0 Å². The van der Waals surface area contributed by atoms with Crippen molar-refractivity contribution in [3.63, 3.8) is 0 Å². The first-order chi connectivity index (χ1) is 5.84. The fourth-order valence-electron chi connectivity index (χ4n) is 1.65. The first-order valence-electron chi connectivity index (χ1n) is 4.93. The third-order valence-corrected chi connectivity index (χ3v) is 4.16. The zero-order valence-corrected chi connectivity index (χ0v) is 8.24. The average molecular weight is 187 g/mol. The van der Waals surface area contributed by atoms with Crippen LogP contribution in [0.2, 0.25) is 0 Å². The summed E-state index contributed by atoms with van der Waals surface area (Å²) in [6.45, 7) is 1.21. The largest absolute Gasteiger partial charge is 0.314 e. The summed E-state index contributed by atoms with van der Waals surface area (Å²) < 4.78 is 11.0. The second-order valence-corrected chi connectivity index (χ2v) is 5.67. The molecule has 1 saturated carbocycles.